The van der Waals surface area contributed by atoms with Gasteiger partial charge in [0.25, 0.3) is 5.56 Å². The highest BCUT2D eigenvalue weighted by molar-refractivity contribution is 9.10. The first-order valence-electron chi connectivity index (χ1n) is 8.25. The average molecular weight is 435 g/mol. The Morgan fingerprint density at radius 1 is 1.41 bits per heavy atom. The molecule has 0 spiro atoms. The largest absolute Gasteiger partial charge is 0.507 e. The zero-order valence-electron chi connectivity index (χ0n) is 15.0. The molecule has 0 saturated carbocycles. The zero-order chi connectivity index (χ0) is 19.7. The summed E-state index contributed by atoms with van der Waals surface area (Å²) < 4.78 is 3.77. The topological polar surface area (TPSA) is 117 Å². The molecule has 27 heavy (non-hydrogen) atoms. The van der Waals surface area contributed by atoms with Crippen molar-refractivity contribution in [3.8, 4) is 5.75 Å². The predicted octanol–water partition coefficient (Wildman–Crippen LogP) is 1.99. The Kier molecular flexibility index (Phi) is 5.17. The van der Waals surface area contributed by atoms with E-state index in [2.05, 4.69) is 36.4 Å². The minimum Gasteiger partial charge on any atom is -0.507 e. The average Bonchev–Trinajstić information content (AvgIpc) is 2.94. The van der Waals surface area contributed by atoms with Crippen LogP contribution >= 0.6 is 15.9 Å². The molecule has 10 heteroatoms. The molecule has 3 N–H and O–H groups in total. The van der Waals surface area contributed by atoms with Crippen LogP contribution < -0.4 is 16.7 Å². The van der Waals surface area contributed by atoms with Gasteiger partial charge in [-0.1, -0.05) is 29.8 Å². The molecule has 3 aromatic rings. The van der Waals surface area contributed by atoms with Gasteiger partial charge < -0.3 is 9.67 Å². The lowest BCUT2D eigenvalue weighted by atomic mass is 10.2. The number of imidazole rings is 1. The Morgan fingerprint density at radius 2 is 2.15 bits per heavy atom. The van der Waals surface area contributed by atoms with Gasteiger partial charge in [-0.3, -0.25) is 14.3 Å². The molecule has 0 unspecified atom stereocenters. The van der Waals surface area contributed by atoms with Crippen LogP contribution in [0.5, 0.6) is 5.75 Å². The van der Waals surface area contributed by atoms with Crippen LogP contribution in [0.15, 0.2) is 37.4 Å². The van der Waals surface area contributed by atoms with Gasteiger partial charge in [-0.25, -0.2) is 10.2 Å². The van der Waals surface area contributed by atoms with Crippen molar-refractivity contribution in [3.63, 3.8) is 0 Å². The second kappa shape index (κ2) is 7.39. The van der Waals surface area contributed by atoms with Gasteiger partial charge in [0.15, 0.2) is 11.2 Å². The molecule has 0 aliphatic rings. The highest BCUT2D eigenvalue weighted by atomic mass is 79.9. The van der Waals surface area contributed by atoms with E-state index in [-0.39, 0.29) is 17.3 Å². The first-order chi connectivity index (χ1) is 12.8. The maximum Gasteiger partial charge on any atom is 0.329 e. The highest BCUT2D eigenvalue weighted by Gasteiger charge is 2.17. The van der Waals surface area contributed by atoms with Gasteiger partial charge >= 0.3 is 5.69 Å². The summed E-state index contributed by atoms with van der Waals surface area (Å²) in [5, 5.41) is 14.0. The van der Waals surface area contributed by atoms with Crippen molar-refractivity contribution in [2.75, 3.05) is 5.43 Å². The lowest BCUT2D eigenvalue weighted by Gasteiger charge is -2.10. The molecular formula is C17H19BrN6O3. The number of anilines is 1. The summed E-state index contributed by atoms with van der Waals surface area (Å²) in [5.74, 6) is 0.645. The lowest BCUT2D eigenvalue weighted by Crippen LogP contribution is -2.29. The van der Waals surface area contributed by atoms with Gasteiger partial charge in [0.05, 0.1) is 6.21 Å². The summed E-state index contributed by atoms with van der Waals surface area (Å²) in [7, 11) is 1.54. The number of rotatable bonds is 5. The molecule has 0 aliphatic carbocycles. The number of aryl methyl sites for hydroxylation is 1. The molecule has 0 saturated heterocycles. The highest BCUT2D eigenvalue weighted by Crippen LogP contribution is 2.21. The van der Waals surface area contributed by atoms with Crippen LogP contribution in [0, 0.1) is 5.92 Å². The van der Waals surface area contributed by atoms with Gasteiger partial charge in [-0.2, -0.15) is 10.1 Å². The Balaban J connectivity index is 2.05. The number of aromatic hydroxyl groups is 1. The molecule has 2 aromatic heterocycles. The van der Waals surface area contributed by atoms with Crippen molar-refractivity contribution >= 4 is 39.3 Å². The summed E-state index contributed by atoms with van der Waals surface area (Å²) in [6.07, 6.45) is 1.45. The molecule has 1 aromatic carbocycles. The van der Waals surface area contributed by atoms with Gasteiger partial charge in [0.1, 0.15) is 5.75 Å². The number of aromatic amines is 1. The van der Waals surface area contributed by atoms with E-state index in [1.165, 1.54) is 10.8 Å². The monoisotopic (exact) mass is 434 g/mol. The number of hydrazone groups is 1. The SMILES string of the molecule is CC(C)Cn1c(NN=Cc2cc(Br)ccc2O)nc2c1c(=O)[nH]c(=O)n2C. The van der Waals surface area contributed by atoms with Crippen molar-refractivity contribution < 1.29 is 5.11 Å². The van der Waals surface area contributed by atoms with Crippen LogP contribution in [0.4, 0.5) is 5.95 Å². The number of nitrogens with one attached hydrogen (secondary N) is 2. The third kappa shape index (κ3) is 3.80. The molecule has 2 heterocycles. The number of H-pyrrole nitrogens is 1. The molecule has 0 atom stereocenters. The minimum absolute atomic E-state index is 0.0817. The molecule has 0 bridgehead atoms. The number of nitrogens with zero attached hydrogens (tertiary/aromatic N) is 4. The van der Waals surface area contributed by atoms with E-state index in [4.69, 9.17) is 0 Å². The number of aromatic nitrogens is 4. The molecular weight excluding hydrogens is 416 g/mol. The first kappa shape index (κ1) is 18.9. The van der Waals surface area contributed by atoms with Crippen LogP contribution in [-0.2, 0) is 13.6 Å². The maximum atomic E-state index is 12.3. The standard InChI is InChI=1S/C17H19BrN6O3/c1-9(2)8-24-13-14(23(3)17(27)21-15(13)26)20-16(24)22-19-7-10-6-11(18)4-5-12(10)25/h4-7,9,25H,8H2,1-3H3,(H,20,22)(H,21,26,27). The second-order valence-electron chi connectivity index (χ2n) is 6.50. The molecule has 142 valence electrons. The van der Waals surface area contributed by atoms with Crippen LogP contribution in [0.3, 0.4) is 0 Å². The van der Waals surface area contributed by atoms with Crippen molar-refractivity contribution in [1.29, 1.82) is 0 Å². The third-order valence-electron chi connectivity index (χ3n) is 3.91. The smallest absolute Gasteiger partial charge is 0.329 e. The van der Waals surface area contributed by atoms with Crippen molar-refractivity contribution in [1.82, 2.24) is 19.1 Å². The molecule has 3 rings (SSSR count). The fourth-order valence-electron chi connectivity index (χ4n) is 2.65. The number of hydrogen-bond acceptors (Lipinski definition) is 6. The second-order valence-corrected chi connectivity index (χ2v) is 7.42. The predicted molar refractivity (Wildman–Crippen MR) is 107 cm³/mol. The number of phenolic OH excluding ortho intramolecular Hbond substituents is 1. The maximum absolute atomic E-state index is 12.3. The van der Waals surface area contributed by atoms with Crippen molar-refractivity contribution in [2.45, 2.75) is 20.4 Å². The summed E-state index contributed by atoms with van der Waals surface area (Å²) in [6.45, 7) is 4.53. The number of benzene rings is 1. The molecule has 0 amide bonds. The number of phenols is 1. The summed E-state index contributed by atoms with van der Waals surface area (Å²) in [5.41, 5.74) is 2.85. The van der Waals surface area contributed by atoms with Crippen LogP contribution in [0.1, 0.15) is 19.4 Å². The van der Waals surface area contributed by atoms with Crippen LogP contribution in [0.25, 0.3) is 11.2 Å². The first-order valence-corrected chi connectivity index (χ1v) is 9.04. The van der Waals surface area contributed by atoms with Crippen LogP contribution in [0.2, 0.25) is 0 Å². The van der Waals surface area contributed by atoms with E-state index in [0.29, 0.717) is 23.6 Å². The van der Waals surface area contributed by atoms with E-state index in [1.54, 1.807) is 29.8 Å². The Hall–Kier alpha value is -2.88. The summed E-state index contributed by atoms with van der Waals surface area (Å²) in [4.78, 5) is 30.8. The third-order valence-corrected chi connectivity index (χ3v) is 4.41. The Bertz CT molecular complexity index is 1140. The fourth-order valence-corrected chi connectivity index (χ4v) is 3.03. The zero-order valence-corrected chi connectivity index (χ0v) is 16.6. The van der Waals surface area contributed by atoms with Gasteiger partial charge in [0, 0.05) is 23.6 Å². The molecule has 0 radical (unpaired) electrons. The summed E-state index contributed by atoms with van der Waals surface area (Å²) >= 11 is 3.34. The summed E-state index contributed by atoms with van der Waals surface area (Å²) in [6, 6.07) is 4.98. The van der Waals surface area contributed by atoms with Gasteiger partial charge in [-0.15, -0.1) is 0 Å². The van der Waals surface area contributed by atoms with Crippen LogP contribution in [-0.4, -0.2) is 30.4 Å². The fraction of sp³-hybridized carbons (Fsp3) is 0.294. The van der Waals surface area contributed by atoms with E-state index in [0.717, 1.165) is 4.47 Å². The molecule has 0 fully saturated rings. The Morgan fingerprint density at radius 3 is 2.85 bits per heavy atom. The number of hydrogen-bond donors (Lipinski definition) is 3. The van der Waals surface area contributed by atoms with E-state index >= 15 is 0 Å². The van der Waals surface area contributed by atoms with Crippen molar-refractivity contribution in [3.05, 3.63) is 49.1 Å². The lowest BCUT2D eigenvalue weighted by molar-refractivity contribution is 0.474. The number of halogens is 1. The van der Waals surface area contributed by atoms with E-state index in [9.17, 15) is 14.7 Å². The minimum atomic E-state index is -0.532. The van der Waals surface area contributed by atoms with Gasteiger partial charge in [0.2, 0.25) is 5.95 Å². The van der Waals surface area contributed by atoms with E-state index < -0.39 is 11.2 Å². The quantitative estimate of drug-likeness (QED) is 0.419. The molecule has 0 aliphatic heterocycles. The number of fused-ring (bicyclic) bond motifs is 1. The van der Waals surface area contributed by atoms with Crippen molar-refractivity contribution in [2.24, 2.45) is 18.1 Å². The normalized spacial score (nSPS) is 11.7. The Labute approximate surface area is 162 Å². The molecule has 9 nitrogen and oxygen atoms in total. The van der Waals surface area contributed by atoms with Gasteiger partial charge in [-0.05, 0) is 24.1 Å². The van der Waals surface area contributed by atoms with E-state index in [1.807, 2.05) is 13.8 Å².